The Morgan fingerprint density at radius 1 is 1.00 bits per heavy atom. The SMILES string of the molecule is CN1CCC(ON2CC3CC(C3)C2)CC1. The lowest BCUT2D eigenvalue weighted by Crippen LogP contribution is -2.50. The van der Waals surface area contributed by atoms with Crippen LogP contribution >= 0.6 is 0 Å². The Bertz CT molecular complexity index is 210. The van der Waals surface area contributed by atoms with Crippen LogP contribution in [0.1, 0.15) is 25.7 Å². The van der Waals surface area contributed by atoms with Crippen molar-refractivity contribution >= 4 is 0 Å². The lowest BCUT2D eigenvalue weighted by Gasteiger charge is -2.47. The van der Waals surface area contributed by atoms with Gasteiger partial charge in [-0.2, -0.15) is 5.06 Å². The van der Waals surface area contributed by atoms with Crippen LogP contribution in [0.4, 0.5) is 0 Å². The molecule has 3 aliphatic heterocycles. The monoisotopic (exact) mass is 210 g/mol. The fraction of sp³-hybridized carbons (Fsp3) is 1.00. The van der Waals surface area contributed by atoms with Gasteiger partial charge in [0.2, 0.25) is 0 Å². The molecule has 4 rings (SSSR count). The van der Waals surface area contributed by atoms with E-state index in [1.165, 1.54) is 51.9 Å². The summed E-state index contributed by atoms with van der Waals surface area (Å²) in [5, 5.41) is 2.26. The number of hydrogen-bond acceptors (Lipinski definition) is 3. The second-order valence-electron chi connectivity index (χ2n) is 5.66. The maximum atomic E-state index is 6.09. The molecule has 0 aromatic carbocycles. The smallest absolute Gasteiger partial charge is 0.0817 e. The number of fused-ring (bicyclic) bond motifs is 2. The lowest BCUT2D eigenvalue weighted by atomic mass is 9.72. The van der Waals surface area contributed by atoms with Gasteiger partial charge in [-0.05, 0) is 44.6 Å². The van der Waals surface area contributed by atoms with Crippen LogP contribution in [0, 0.1) is 11.8 Å². The molecule has 3 saturated heterocycles. The van der Waals surface area contributed by atoms with Crippen LogP contribution in [0.25, 0.3) is 0 Å². The van der Waals surface area contributed by atoms with Gasteiger partial charge in [0.25, 0.3) is 0 Å². The summed E-state index contributed by atoms with van der Waals surface area (Å²) in [7, 11) is 2.20. The lowest BCUT2D eigenvalue weighted by molar-refractivity contribution is -0.248. The molecule has 0 aromatic heterocycles. The molecule has 1 aliphatic carbocycles. The summed E-state index contributed by atoms with van der Waals surface area (Å²) in [6, 6.07) is 0. The second-order valence-corrected chi connectivity index (χ2v) is 5.66. The van der Waals surface area contributed by atoms with Crippen molar-refractivity contribution in [1.29, 1.82) is 0 Å². The maximum Gasteiger partial charge on any atom is 0.0817 e. The third-order valence-corrected chi connectivity index (χ3v) is 4.22. The molecule has 3 heteroatoms. The van der Waals surface area contributed by atoms with Crippen molar-refractivity contribution in [3.05, 3.63) is 0 Å². The minimum atomic E-state index is 0.499. The fourth-order valence-electron chi connectivity index (χ4n) is 3.21. The first-order valence-electron chi connectivity index (χ1n) is 6.40. The average molecular weight is 210 g/mol. The van der Waals surface area contributed by atoms with E-state index in [1.807, 2.05) is 0 Å². The first kappa shape index (κ1) is 10.1. The van der Waals surface area contributed by atoms with Gasteiger partial charge in [-0.3, -0.25) is 4.84 Å². The maximum absolute atomic E-state index is 6.09. The van der Waals surface area contributed by atoms with Crippen LogP contribution in [0.15, 0.2) is 0 Å². The topological polar surface area (TPSA) is 15.7 Å². The van der Waals surface area contributed by atoms with Gasteiger partial charge in [0.15, 0.2) is 0 Å². The van der Waals surface area contributed by atoms with E-state index < -0.39 is 0 Å². The molecule has 15 heavy (non-hydrogen) atoms. The van der Waals surface area contributed by atoms with Crippen molar-refractivity contribution in [2.45, 2.75) is 31.8 Å². The van der Waals surface area contributed by atoms with Gasteiger partial charge in [0.1, 0.15) is 0 Å². The zero-order valence-corrected chi connectivity index (χ0v) is 9.69. The summed E-state index contributed by atoms with van der Waals surface area (Å²) >= 11 is 0. The van der Waals surface area contributed by atoms with Gasteiger partial charge >= 0.3 is 0 Å². The molecule has 0 amide bonds. The van der Waals surface area contributed by atoms with Gasteiger partial charge in [0, 0.05) is 26.2 Å². The van der Waals surface area contributed by atoms with E-state index in [9.17, 15) is 0 Å². The second kappa shape index (κ2) is 4.04. The predicted molar refractivity (Wildman–Crippen MR) is 59.4 cm³/mol. The molecule has 0 atom stereocenters. The molecule has 0 radical (unpaired) electrons. The van der Waals surface area contributed by atoms with E-state index in [0.29, 0.717) is 6.10 Å². The van der Waals surface area contributed by atoms with Gasteiger partial charge in [0.05, 0.1) is 6.10 Å². The molecule has 3 heterocycles. The number of rotatable bonds is 2. The Morgan fingerprint density at radius 2 is 1.60 bits per heavy atom. The van der Waals surface area contributed by atoms with Crippen LogP contribution < -0.4 is 0 Å². The third-order valence-electron chi connectivity index (χ3n) is 4.22. The largest absolute Gasteiger partial charge is 0.306 e. The highest BCUT2D eigenvalue weighted by Crippen LogP contribution is 2.39. The average Bonchev–Trinajstić information content (AvgIpc) is 2.21. The Kier molecular flexibility index (Phi) is 2.71. The van der Waals surface area contributed by atoms with Gasteiger partial charge in [-0.25, -0.2) is 0 Å². The standard InChI is InChI=1S/C12H22N2O/c1-13-4-2-12(3-5-13)15-14-8-10-6-11(7-10)9-14/h10-12H,2-9H2,1H3. The zero-order chi connectivity index (χ0) is 10.3. The van der Waals surface area contributed by atoms with Crippen molar-refractivity contribution in [2.75, 3.05) is 33.2 Å². The van der Waals surface area contributed by atoms with Crippen LogP contribution in [-0.4, -0.2) is 49.3 Å². The molecule has 3 nitrogen and oxygen atoms in total. The van der Waals surface area contributed by atoms with Crippen LogP contribution in [0.5, 0.6) is 0 Å². The molecule has 4 fully saturated rings. The molecule has 86 valence electrons. The van der Waals surface area contributed by atoms with Crippen LogP contribution in [0.3, 0.4) is 0 Å². The van der Waals surface area contributed by atoms with Crippen molar-refractivity contribution in [3.8, 4) is 0 Å². The summed E-state index contributed by atoms with van der Waals surface area (Å²) < 4.78 is 0. The van der Waals surface area contributed by atoms with E-state index in [0.717, 1.165) is 11.8 Å². The number of piperidine rings is 3. The van der Waals surface area contributed by atoms with Crippen molar-refractivity contribution in [3.63, 3.8) is 0 Å². The van der Waals surface area contributed by atoms with E-state index in [4.69, 9.17) is 4.84 Å². The number of hydroxylamine groups is 2. The minimum Gasteiger partial charge on any atom is -0.306 e. The summed E-state index contributed by atoms with van der Waals surface area (Å²) in [4.78, 5) is 8.48. The summed E-state index contributed by atoms with van der Waals surface area (Å²) in [5.74, 6) is 1.91. The molecule has 4 aliphatic rings. The Labute approximate surface area is 92.3 Å². The summed E-state index contributed by atoms with van der Waals surface area (Å²) in [6.45, 7) is 4.79. The Hall–Kier alpha value is -0.120. The highest BCUT2D eigenvalue weighted by atomic mass is 16.7. The molecule has 0 aromatic rings. The van der Waals surface area contributed by atoms with E-state index in [1.54, 1.807) is 0 Å². The van der Waals surface area contributed by atoms with E-state index in [2.05, 4.69) is 17.0 Å². The van der Waals surface area contributed by atoms with Gasteiger partial charge in [-0.1, -0.05) is 0 Å². The number of nitrogens with zero attached hydrogens (tertiary/aromatic N) is 2. The van der Waals surface area contributed by atoms with E-state index >= 15 is 0 Å². The number of hydrogen-bond donors (Lipinski definition) is 0. The molecule has 1 saturated carbocycles. The minimum absolute atomic E-state index is 0.499. The molecule has 0 N–H and O–H groups in total. The van der Waals surface area contributed by atoms with Gasteiger partial charge in [-0.15, -0.1) is 0 Å². The normalized spacial score (nSPS) is 39.0. The first-order chi connectivity index (χ1) is 7.29. The molecular weight excluding hydrogens is 188 g/mol. The quantitative estimate of drug-likeness (QED) is 0.684. The van der Waals surface area contributed by atoms with Crippen molar-refractivity contribution in [2.24, 2.45) is 11.8 Å². The molecule has 0 spiro atoms. The van der Waals surface area contributed by atoms with Crippen molar-refractivity contribution < 1.29 is 4.84 Å². The molecular formula is C12H22N2O. The van der Waals surface area contributed by atoms with E-state index in [-0.39, 0.29) is 0 Å². The highest BCUT2D eigenvalue weighted by Gasteiger charge is 2.38. The fourth-order valence-corrected chi connectivity index (χ4v) is 3.21. The molecule has 0 unspecified atom stereocenters. The summed E-state index contributed by atoms with van der Waals surface area (Å²) in [5.41, 5.74) is 0. The highest BCUT2D eigenvalue weighted by molar-refractivity contribution is 4.87. The summed E-state index contributed by atoms with van der Waals surface area (Å²) in [6.07, 6.45) is 5.85. The number of likely N-dealkylation sites (tertiary alicyclic amines) is 1. The van der Waals surface area contributed by atoms with Crippen LogP contribution in [0.2, 0.25) is 0 Å². The third kappa shape index (κ3) is 2.19. The first-order valence-corrected chi connectivity index (χ1v) is 6.40. The van der Waals surface area contributed by atoms with Crippen molar-refractivity contribution in [1.82, 2.24) is 9.96 Å². The Morgan fingerprint density at radius 3 is 2.20 bits per heavy atom. The molecule has 2 bridgehead atoms. The predicted octanol–water partition coefficient (Wildman–Crippen LogP) is 1.35. The van der Waals surface area contributed by atoms with Gasteiger partial charge < -0.3 is 4.90 Å². The zero-order valence-electron chi connectivity index (χ0n) is 9.69. The van der Waals surface area contributed by atoms with Crippen LogP contribution in [-0.2, 0) is 4.84 Å². The Balaban J connectivity index is 1.45.